The van der Waals surface area contributed by atoms with Crippen molar-refractivity contribution >= 4 is 39.3 Å². The van der Waals surface area contributed by atoms with Crippen LogP contribution in [0.4, 0.5) is 13.2 Å². The van der Waals surface area contributed by atoms with Crippen molar-refractivity contribution in [2.24, 2.45) is 0 Å². The number of rotatable bonds is 2. The van der Waals surface area contributed by atoms with Gasteiger partial charge in [-0.25, -0.2) is 0 Å². The summed E-state index contributed by atoms with van der Waals surface area (Å²) in [5.41, 5.74) is -1.63. The molecular weight excluding hydrogens is 323 g/mol. The van der Waals surface area contributed by atoms with Crippen molar-refractivity contribution in [1.29, 1.82) is 0 Å². The largest absolute Gasteiger partial charge is 0.479 e. The monoisotopic (exact) mass is 333 g/mol. The summed E-state index contributed by atoms with van der Waals surface area (Å²) in [6, 6.07) is 4.89. The van der Waals surface area contributed by atoms with Crippen LogP contribution in [0.5, 0.6) is 0 Å². The van der Waals surface area contributed by atoms with E-state index in [-0.39, 0.29) is 15.3 Å². The second-order valence-corrected chi connectivity index (χ2v) is 5.71. The summed E-state index contributed by atoms with van der Waals surface area (Å²) >= 11 is 6.00. The molecule has 1 aromatic carbocycles. The molecule has 0 unspecified atom stereocenters. The Kier molecular flexibility index (Phi) is 4.58. The molecule has 0 fully saturated rings. The first-order chi connectivity index (χ1) is 9.81. The topological polar surface area (TPSA) is 42.1 Å². The Morgan fingerprint density at radius 1 is 1.38 bits per heavy atom. The van der Waals surface area contributed by atoms with Crippen molar-refractivity contribution in [3.8, 4) is 0 Å². The van der Waals surface area contributed by atoms with Gasteiger partial charge in [0.2, 0.25) is 9.94 Å². The van der Waals surface area contributed by atoms with Crippen LogP contribution in [0, 0.1) is 0 Å². The number of H-pyrrole nitrogens is 1. The van der Waals surface area contributed by atoms with Crippen LogP contribution >= 0.6 is 24.0 Å². The number of aromatic amines is 1. The molecule has 3 nitrogen and oxygen atoms in total. The van der Waals surface area contributed by atoms with Crippen molar-refractivity contribution in [2.45, 2.75) is 18.0 Å². The first-order valence-corrected chi connectivity index (χ1v) is 7.12. The van der Waals surface area contributed by atoms with Crippen molar-refractivity contribution in [3.05, 3.63) is 40.2 Å². The van der Waals surface area contributed by atoms with E-state index >= 15 is 0 Å². The van der Waals surface area contributed by atoms with Crippen LogP contribution in [0.25, 0.3) is 10.9 Å². The second kappa shape index (κ2) is 6.07. The first-order valence-electron chi connectivity index (χ1n) is 5.90. The predicted octanol–water partition coefficient (Wildman–Crippen LogP) is 3.96. The van der Waals surface area contributed by atoms with Gasteiger partial charge in [0, 0.05) is 21.9 Å². The maximum Gasteiger partial charge on any atom is 0.417 e. The van der Waals surface area contributed by atoms with Gasteiger partial charge in [0.25, 0.3) is 0 Å². The minimum Gasteiger partial charge on any atom is -0.479 e. The highest BCUT2D eigenvalue weighted by Gasteiger charge is 2.33. The van der Waals surface area contributed by atoms with E-state index < -0.39 is 17.3 Å². The molecule has 1 heterocycles. The van der Waals surface area contributed by atoms with Gasteiger partial charge in [-0.3, -0.25) is 4.79 Å². The Labute approximate surface area is 127 Å². The predicted molar refractivity (Wildman–Crippen MR) is 79.7 cm³/mol. The van der Waals surface area contributed by atoms with Crippen LogP contribution in [0.15, 0.2) is 34.0 Å². The van der Waals surface area contributed by atoms with Gasteiger partial charge in [-0.2, -0.15) is 13.2 Å². The fraction of sp³-hybridized carbons (Fsp3) is 0.231. The molecule has 0 radical (unpaired) electrons. The Hall–Kier alpha value is -1.54. The van der Waals surface area contributed by atoms with Gasteiger partial charge in [-0.15, -0.1) is 0 Å². The second-order valence-electron chi connectivity index (χ2n) is 4.04. The average molecular weight is 333 g/mol. The number of thiocarbonyl (C=S) groups is 1. The molecule has 0 saturated carbocycles. The molecule has 0 aliphatic rings. The number of alkyl halides is 3. The van der Waals surface area contributed by atoms with Crippen LogP contribution < -0.4 is 5.56 Å². The van der Waals surface area contributed by atoms with Crippen LogP contribution in [0.2, 0.25) is 0 Å². The molecule has 21 heavy (non-hydrogen) atoms. The number of hydrogen-bond donors (Lipinski definition) is 1. The maximum absolute atomic E-state index is 13.0. The fourth-order valence-electron chi connectivity index (χ4n) is 1.77. The number of benzene rings is 1. The summed E-state index contributed by atoms with van der Waals surface area (Å²) < 4.78 is 44.3. The molecule has 0 aliphatic carbocycles. The lowest BCUT2D eigenvalue weighted by Crippen LogP contribution is -2.13. The zero-order valence-corrected chi connectivity index (χ0v) is 12.4. The smallest absolute Gasteiger partial charge is 0.417 e. The molecule has 0 spiro atoms. The van der Waals surface area contributed by atoms with E-state index in [0.29, 0.717) is 17.6 Å². The minimum atomic E-state index is -4.60. The van der Waals surface area contributed by atoms with Crippen molar-refractivity contribution in [2.75, 3.05) is 6.61 Å². The number of nitrogens with one attached hydrogen (secondary N) is 1. The quantitative estimate of drug-likeness (QED) is 0.667. The van der Waals surface area contributed by atoms with E-state index in [1.807, 2.05) is 0 Å². The van der Waals surface area contributed by atoms with E-state index in [1.54, 1.807) is 13.0 Å². The lowest BCUT2D eigenvalue weighted by molar-refractivity contribution is -0.136. The number of pyridine rings is 1. The highest BCUT2D eigenvalue weighted by Crippen LogP contribution is 2.35. The molecular formula is C13H10F3NO2S2. The molecule has 1 N–H and O–H groups in total. The van der Waals surface area contributed by atoms with Gasteiger partial charge >= 0.3 is 6.18 Å². The van der Waals surface area contributed by atoms with Crippen molar-refractivity contribution in [3.63, 3.8) is 0 Å². The third-order valence-corrected chi connectivity index (χ3v) is 3.73. The minimum absolute atomic E-state index is 0.0774. The zero-order valence-electron chi connectivity index (χ0n) is 10.8. The standard InChI is InChI=1S/C13H10F3NO2S2/c1-2-19-12(20)21-7-3-4-10-8(5-7)9(13(14,15)16)6-11(18)17-10/h3-6H,2H2,1H3,(H,17,18). The Balaban J connectivity index is 2.53. The lowest BCUT2D eigenvalue weighted by Gasteiger charge is -2.11. The number of ether oxygens (including phenoxy) is 1. The molecule has 1 aromatic heterocycles. The fourth-order valence-corrected chi connectivity index (χ4v) is 2.86. The van der Waals surface area contributed by atoms with Crippen LogP contribution in [-0.2, 0) is 10.9 Å². The SMILES string of the molecule is CCOC(=S)Sc1ccc2[nH]c(=O)cc(C(F)(F)F)c2c1. The first kappa shape index (κ1) is 15.8. The van der Waals surface area contributed by atoms with Gasteiger partial charge in [0.15, 0.2) is 0 Å². The van der Waals surface area contributed by atoms with E-state index in [1.165, 1.54) is 12.1 Å². The highest BCUT2D eigenvalue weighted by molar-refractivity contribution is 8.22. The Bertz CT molecular complexity index is 740. The molecule has 8 heteroatoms. The number of hydrogen-bond acceptors (Lipinski definition) is 4. The van der Waals surface area contributed by atoms with Crippen molar-refractivity contribution < 1.29 is 17.9 Å². The van der Waals surface area contributed by atoms with Crippen LogP contribution in [0.1, 0.15) is 12.5 Å². The maximum atomic E-state index is 13.0. The van der Waals surface area contributed by atoms with Crippen LogP contribution in [-0.4, -0.2) is 16.0 Å². The molecule has 0 atom stereocenters. The van der Waals surface area contributed by atoms with Gasteiger partial charge in [0.1, 0.15) is 0 Å². The number of aromatic nitrogens is 1. The van der Waals surface area contributed by atoms with E-state index in [4.69, 9.17) is 17.0 Å². The van der Waals surface area contributed by atoms with Crippen LogP contribution in [0.3, 0.4) is 0 Å². The highest BCUT2D eigenvalue weighted by atomic mass is 32.2. The summed E-state index contributed by atoms with van der Waals surface area (Å²) in [7, 11) is 0. The Morgan fingerprint density at radius 3 is 2.71 bits per heavy atom. The van der Waals surface area contributed by atoms with Gasteiger partial charge in [0.05, 0.1) is 12.2 Å². The van der Waals surface area contributed by atoms with E-state index in [0.717, 1.165) is 11.8 Å². The molecule has 0 aliphatic heterocycles. The number of fused-ring (bicyclic) bond motifs is 1. The van der Waals surface area contributed by atoms with E-state index in [9.17, 15) is 18.0 Å². The van der Waals surface area contributed by atoms with Gasteiger partial charge < -0.3 is 9.72 Å². The van der Waals surface area contributed by atoms with Gasteiger partial charge in [-0.05, 0) is 49.1 Å². The molecule has 0 saturated heterocycles. The van der Waals surface area contributed by atoms with E-state index in [2.05, 4.69) is 4.98 Å². The van der Waals surface area contributed by atoms with Gasteiger partial charge in [-0.1, -0.05) is 0 Å². The summed E-state index contributed by atoms with van der Waals surface area (Å²) in [5.74, 6) is 0. The molecule has 2 rings (SSSR count). The third-order valence-electron chi connectivity index (χ3n) is 2.58. The Morgan fingerprint density at radius 2 is 2.10 bits per heavy atom. The van der Waals surface area contributed by atoms with Crippen molar-refractivity contribution in [1.82, 2.24) is 4.98 Å². The zero-order chi connectivity index (χ0) is 15.6. The summed E-state index contributed by atoms with van der Waals surface area (Å²) in [5, 5.41) is -0.0774. The molecule has 0 amide bonds. The third kappa shape index (κ3) is 3.76. The molecule has 112 valence electrons. The normalized spacial score (nSPS) is 11.6. The summed E-state index contributed by atoms with van der Waals surface area (Å²) in [6.07, 6.45) is -4.60. The summed E-state index contributed by atoms with van der Waals surface area (Å²) in [6.45, 7) is 2.15. The lowest BCUT2D eigenvalue weighted by atomic mass is 10.1. The molecule has 2 aromatic rings. The molecule has 0 bridgehead atoms. The summed E-state index contributed by atoms with van der Waals surface area (Å²) in [4.78, 5) is 14.2. The number of halogens is 3. The average Bonchev–Trinajstić information content (AvgIpc) is 2.37. The number of thioether (sulfide) groups is 1.